The molecule has 0 saturated heterocycles. The molecule has 2 amide bonds. The molecule has 1 aromatic heterocycles. The van der Waals surface area contributed by atoms with Gasteiger partial charge in [-0.25, -0.2) is 4.39 Å². The number of carbonyl (C=O) groups excluding carboxylic acids is 2. The first-order valence-electron chi connectivity index (χ1n) is 5.12. The van der Waals surface area contributed by atoms with Gasteiger partial charge < -0.3 is 11.1 Å². The maximum atomic E-state index is 13.0. The molecule has 98 valence electrons. The largest absolute Gasteiger partial charge is 0.366 e. The number of thiophene rings is 1. The molecule has 0 atom stereocenters. The van der Waals surface area contributed by atoms with Gasteiger partial charge in [0.25, 0.3) is 5.91 Å². The van der Waals surface area contributed by atoms with Crippen LogP contribution in [-0.2, 0) is 0 Å². The number of halogens is 2. The Labute approximate surface area is 120 Å². The SMILES string of the molecule is NC(=O)c1csc(C(=O)Nc2ccc(F)c(Br)c2)c1. The van der Waals surface area contributed by atoms with Crippen LogP contribution in [0.1, 0.15) is 20.0 Å². The number of amides is 2. The minimum Gasteiger partial charge on any atom is -0.366 e. The number of nitrogens with two attached hydrogens (primary N) is 1. The zero-order chi connectivity index (χ0) is 14.0. The molecule has 0 bridgehead atoms. The minimum atomic E-state index is -0.583. The van der Waals surface area contributed by atoms with Gasteiger partial charge in [0, 0.05) is 11.1 Å². The van der Waals surface area contributed by atoms with E-state index in [-0.39, 0.29) is 15.9 Å². The summed E-state index contributed by atoms with van der Waals surface area (Å²) in [6.07, 6.45) is 0. The fourth-order valence-electron chi connectivity index (χ4n) is 1.35. The molecule has 2 rings (SSSR count). The second kappa shape index (κ2) is 5.50. The van der Waals surface area contributed by atoms with Crippen molar-refractivity contribution in [1.82, 2.24) is 0 Å². The van der Waals surface area contributed by atoms with Gasteiger partial charge in [-0.05, 0) is 40.2 Å². The molecule has 2 aromatic rings. The quantitative estimate of drug-likeness (QED) is 0.899. The molecule has 4 nitrogen and oxygen atoms in total. The van der Waals surface area contributed by atoms with Crippen molar-refractivity contribution in [2.45, 2.75) is 0 Å². The predicted octanol–water partition coefficient (Wildman–Crippen LogP) is 3.00. The Morgan fingerprint density at radius 1 is 1.32 bits per heavy atom. The average molecular weight is 343 g/mol. The molecular formula is C12H8BrFN2O2S. The third-order valence-electron chi connectivity index (χ3n) is 2.29. The number of hydrogen-bond donors (Lipinski definition) is 2. The molecule has 19 heavy (non-hydrogen) atoms. The summed E-state index contributed by atoms with van der Waals surface area (Å²) < 4.78 is 13.3. The normalized spacial score (nSPS) is 10.2. The Balaban J connectivity index is 2.15. The summed E-state index contributed by atoms with van der Waals surface area (Å²) in [6.45, 7) is 0. The van der Waals surface area contributed by atoms with Gasteiger partial charge in [-0.15, -0.1) is 11.3 Å². The first-order valence-corrected chi connectivity index (χ1v) is 6.79. The van der Waals surface area contributed by atoms with Crippen molar-refractivity contribution in [2.24, 2.45) is 5.73 Å². The topological polar surface area (TPSA) is 72.2 Å². The van der Waals surface area contributed by atoms with Gasteiger partial charge in [0.15, 0.2) is 0 Å². The molecule has 0 aliphatic rings. The molecule has 0 aliphatic carbocycles. The number of rotatable bonds is 3. The number of nitrogens with one attached hydrogen (secondary N) is 1. The molecule has 0 unspecified atom stereocenters. The van der Waals surface area contributed by atoms with Crippen LogP contribution in [0.25, 0.3) is 0 Å². The molecule has 0 saturated carbocycles. The van der Waals surface area contributed by atoms with Crippen LogP contribution in [-0.4, -0.2) is 11.8 Å². The van der Waals surface area contributed by atoms with Gasteiger partial charge in [0.05, 0.1) is 14.9 Å². The Kier molecular flexibility index (Phi) is 3.96. The van der Waals surface area contributed by atoms with E-state index in [0.717, 1.165) is 11.3 Å². The second-order valence-corrected chi connectivity index (χ2v) is 5.41. The van der Waals surface area contributed by atoms with E-state index in [0.29, 0.717) is 10.6 Å². The number of hydrogen-bond acceptors (Lipinski definition) is 3. The van der Waals surface area contributed by atoms with Crippen molar-refractivity contribution in [3.63, 3.8) is 0 Å². The van der Waals surface area contributed by atoms with E-state index in [4.69, 9.17) is 5.73 Å². The van der Waals surface area contributed by atoms with Crippen LogP contribution >= 0.6 is 27.3 Å². The van der Waals surface area contributed by atoms with Crippen molar-refractivity contribution in [2.75, 3.05) is 5.32 Å². The lowest BCUT2D eigenvalue weighted by Gasteiger charge is -2.04. The number of anilines is 1. The van der Waals surface area contributed by atoms with E-state index in [1.165, 1.54) is 29.6 Å². The molecule has 0 fully saturated rings. The third-order valence-corrected chi connectivity index (χ3v) is 3.82. The maximum Gasteiger partial charge on any atom is 0.265 e. The molecule has 3 N–H and O–H groups in total. The summed E-state index contributed by atoms with van der Waals surface area (Å²) in [4.78, 5) is 23.2. The van der Waals surface area contributed by atoms with E-state index < -0.39 is 11.7 Å². The third kappa shape index (κ3) is 3.18. The van der Waals surface area contributed by atoms with E-state index in [9.17, 15) is 14.0 Å². The number of primary amides is 1. The van der Waals surface area contributed by atoms with Crippen molar-refractivity contribution in [1.29, 1.82) is 0 Å². The second-order valence-electron chi connectivity index (χ2n) is 3.65. The van der Waals surface area contributed by atoms with Gasteiger partial charge in [0.1, 0.15) is 5.82 Å². The predicted molar refractivity (Wildman–Crippen MR) is 74.9 cm³/mol. The van der Waals surface area contributed by atoms with Gasteiger partial charge in [-0.1, -0.05) is 0 Å². The highest BCUT2D eigenvalue weighted by atomic mass is 79.9. The number of benzene rings is 1. The summed E-state index contributed by atoms with van der Waals surface area (Å²) >= 11 is 4.14. The molecular weight excluding hydrogens is 335 g/mol. The first-order chi connectivity index (χ1) is 8.97. The minimum absolute atomic E-state index is 0.259. The molecule has 1 heterocycles. The van der Waals surface area contributed by atoms with Crippen LogP contribution < -0.4 is 11.1 Å². The van der Waals surface area contributed by atoms with Gasteiger partial charge >= 0.3 is 0 Å². The lowest BCUT2D eigenvalue weighted by molar-refractivity contribution is 0.100. The monoisotopic (exact) mass is 342 g/mol. The van der Waals surface area contributed by atoms with E-state index in [1.54, 1.807) is 0 Å². The standard InChI is InChI=1S/C12H8BrFN2O2S/c13-8-4-7(1-2-9(8)14)16-12(18)10-3-6(5-19-10)11(15)17/h1-5H,(H2,15,17)(H,16,18). The van der Waals surface area contributed by atoms with Gasteiger partial charge in [-0.3, -0.25) is 9.59 Å². The van der Waals surface area contributed by atoms with Gasteiger partial charge in [-0.2, -0.15) is 0 Å². The fourth-order valence-corrected chi connectivity index (χ4v) is 2.52. The number of carbonyl (C=O) groups is 2. The fraction of sp³-hybridized carbons (Fsp3) is 0. The van der Waals surface area contributed by atoms with E-state index >= 15 is 0 Å². The lowest BCUT2D eigenvalue weighted by Crippen LogP contribution is -2.12. The van der Waals surface area contributed by atoms with Crippen molar-refractivity contribution in [3.05, 3.63) is 50.4 Å². The summed E-state index contributed by atoms with van der Waals surface area (Å²) in [5.41, 5.74) is 5.84. The summed E-state index contributed by atoms with van der Waals surface area (Å²) in [6, 6.07) is 5.56. The van der Waals surface area contributed by atoms with Crippen LogP contribution in [0, 0.1) is 5.82 Å². The van der Waals surface area contributed by atoms with Crippen molar-refractivity contribution in [3.8, 4) is 0 Å². The van der Waals surface area contributed by atoms with Crippen LogP contribution in [0.3, 0.4) is 0 Å². The Hall–Kier alpha value is -1.73. The van der Waals surface area contributed by atoms with Crippen LogP contribution in [0.15, 0.2) is 34.1 Å². The van der Waals surface area contributed by atoms with Crippen LogP contribution in [0.5, 0.6) is 0 Å². The molecule has 1 aromatic carbocycles. The van der Waals surface area contributed by atoms with Gasteiger partial charge in [0.2, 0.25) is 5.91 Å². The molecule has 0 spiro atoms. The van der Waals surface area contributed by atoms with E-state index in [1.807, 2.05) is 0 Å². The Bertz CT molecular complexity index is 657. The summed E-state index contributed by atoms with van der Waals surface area (Å²) in [5, 5.41) is 4.11. The van der Waals surface area contributed by atoms with Crippen molar-refractivity contribution >= 4 is 44.8 Å². The maximum absolute atomic E-state index is 13.0. The molecule has 0 radical (unpaired) electrons. The van der Waals surface area contributed by atoms with Crippen LogP contribution in [0.2, 0.25) is 0 Å². The van der Waals surface area contributed by atoms with E-state index in [2.05, 4.69) is 21.2 Å². The summed E-state index contributed by atoms with van der Waals surface area (Å²) in [5.74, 6) is -1.37. The highest BCUT2D eigenvalue weighted by Gasteiger charge is 2.12. The highest BCUT2D eigenvalue weighted by molar-refractivity contribution is 9.10. The first kappa shape index (κ1) is 13.7. The highest BCUT2D eigenvalue weighted by Crippen LogP contribution is 2.21. The average Bonchev–Trinajstić information content (AvgIpc) is 2.83. The smallest absolute Gasteiger partial charge is 0.265 e. The zero-order valence-corrected chi connectivity index (χ0v) is 11.8. The van der Waals surface area contributed by atoms with Crippen molar-refractivity contribution < 1.29 is 14.0 Å². The molecule has 7 heteroatoms. The van der Waals surface area contributed by atoms with Crippen LogP contribution in [0.4, 0.5) is 10.1 Å². The lowest BCUT2D eigenvalue weighted by atomic mass is 10.2. The molecule has 0 aliphatic heterocycles. The summed E-state index contributed by atoms with van der Waals surface area (Å²) in [7, 11) is 0. The zero-order valence-electron chi connectivity index (χ0n) is 9.44. The Morgan fingerprint density at radius 3 is 2.63 bits per heavy atom. The Morgan fingerprint density at radius 2 is 2.05 bits per heavy atom.